The van der Waals surface area contributed by atoms with E-state index in [1.54, 1.807) is 0 Å². The zero-order valence-electron chi connectivity index (χ0n) is 32.6. The highest BCUT2D eigenvalue weighted by molar-refractivity contribution is 5.97. The van der Waals surface area contributed by atoms with Crippen LogP contribution < -0.4 is 4.90 Å². The Morgan fingerprint density at radius 3 is 1.12 bits per heavy atom. The van der Waals surface area contributed by atoms with Gasteiger partial charge in [-0.3, -0.25) is 0 Å². The molecule has 59 heavy (non-hydrogen) atoms. The number of para-hydroxylation sites is 1. The highest BCUT2D eigenvalue weighted by Crippen LogP contribution is 2.46. The molecule has 10 aromatic carbocycles. The van der Waals surface area contributed by atoms with Crippen molar-refractivity contribution in [3.05, 3.63) is 249 Å². The van der Waals surface area contributed by atoms with Gasteiger partial charge in [0, 0.05) is 16.9 Å². The van der Waals surface area contributed by atoms with Gasteiger partial charge in [-0.2, -0.15) is 0 Å². The molecule has 0 fully saturated rings. The Balaban J connectivity index is 1.11. The fourth-order valence-corrected chi connectivity index (χ4v) is 8.43. The molecule has 0 spiro atoms. The topological polar surface area (TPSA) is 3.24 Å². The van der Waals surface area contributed by atoms with Crippen molar-refractivity contribution in [2.24, 2.45) is 0 Å². The fraction of sp³-hybridized carbons (Fsp3) is 0. The molecule has 278 valence electrons. The van der Waals surface area contributed by atoms with Crippen LogP contribution in [0.15, 0.2) is 249 Å². The van der Waals surface area contributed by atoms with Gasteiger partial charge >= 0.3 is 0 Å². The zero-order valence-corrected chi connectivity index (χ0v) is 32.6. The molecule has 1 heteroatoms. The number of rotatable bonds is 9. The Bertz CT molecular complexity index is 3020. The first-order valence-corrected chi connectivity index (χ1v) is 20.3. The second-order valence-corrected chi connectivity index (χ2v) is 14.9. The maximum absolute atomic E-state index is 2.41. The molecule has 0 saturated heterocycles. The Morgan fingerprint density at radius 1 is 0.203 bits per heavy atom. The first-order valence-electron chi connectivity index (χ1n) is 20.3. The lowest BCUT2D eigenvalue weighted by molar-refractivity contribution is 1.28. The summed E-state index contributed by atoms with van der Waals surface area (Å²) in [5.41, 5.74) is 17.6. The van der Waals surface area contributed by atoms with Crippen molar-refractivity contribution < 1.29 is 0 Å². The van der Waals surface area contributed by atoms with Crippen LogP contribution in [0.2, 0.25) is 0 Å². The molecule has 0 N–H and O–H groups in total. The van der Waals surface area contributed by atoms with E-state index in [1.807, 2.05) is 0 Å². The highest BCUT2D eigenvalue weighted by atomic mass is 15.1. The van der Waals surface area contributed by atoms with Gasteiger partial charge in [0.05, 0.1) is 5.69 Å². The van der Waals surface area contributed by atoms with Crippen molar-refractivity contribution in [2.45, 2.75) is 0 Å². The van der Waals surface area contributed by atoms with Crippen LogP contribution in [0.25, 0.3) is 77.5 Å². The van der Waals surface area contributed by atoms with Crippen molar-refractivity contribution in [1.82, 2.24) is 0 Å². The van der Waals surface area contributed by atoms with Crippen LogP contribution in [0.1, 0.15) is 0 Å². The van der Waals surface area contributed by atoms with E-state index >= 15 is 0 Å². The second kappa shape index (κ2) is 16.0. The standard InChI is InChI=1S/C58H41N/c1-3-18-44(19-4-1)51-23-9-10-24-52(51)46-35-39-50(40-36-46)59(49-37-33-43(34-38-49)48-32-31-42-17-7-8-22-47(42)41-48)58-30-16-15-29-57(58)56-28-14-13-27-55(56)54-26-12-11-25-53(54)45-20-5-2-6-21-45/h1-41H. The van der Waals surface area contributed by atoms with E-state index in [1.165, 1.54) is 72.0 Å². The van der Waals surface area contributed by atoms with Gasteiger partial charge in [0.2, 0.25) is 0 Å². The second-order valence-electron chi connectivity index (χ2n) is 14.9. The van der Waals surface area contributed by atoms with Crippen LogP contribution in [0.5, 0.6) is 0 Å². The molecule has 10 rings (SSSR count). The maximum Gasteiger partial charge on any atom is 0.0540 e. The molecule has 10 aromatic rings. The summed E-state index contributed by atoms with van der Waals surface area (Å²) in [6.07, 6.45) is 0. The lowest BCUT2D eigenvalue weighted by Crippen LogP contribution is -2.11. The number of nitrogens with zero attached hydrogens (tertiary/aromatic N) is 1. The zero-order chi connectivity index (χ0) is 39.4. The fourth-order valence-electron chi connectivity index (χ4n) is 8.43. The third-order valence-corrected chi connectivity index (χ3v) is 11.3. The molecule has 0 aliphatic carbocycles. The molecule has 0 unspecified atom stereocenters. The summed E-state index contributed by atoms with van der Waals surface area (Å²) in [6.45, 7) is 0. The number of anilines is 3. The number of benzene rings is 10. The van der Waals surface area contributed by atoms with Gasteiger partial charge in [-0.1, -0.05) is 212 Å². The van der Waals surface area contributed by atoms with Gasteiger partial charge in [0.1, 0.15) is 0 Å². The maximum atomic E-state index is 2.41. The van der Waals surface area contributed by atoms with Crippen LogP contribution in [0.4, 0.5) is 17.1 Å². The number of hydrogen-bond acceptors (Lipinski definition) is 1. The SMILES string of the molecule is c1ccc(-c2ccccc2-c2ccc(N(c3ccc(-c4ccc5ccccc5c4)cc3)c3ccccc3-c3ccccc3-c3ccccc3-c3ccccc3)cc2)cc1. The highest BCUT2D eigenvalue weighted by Gasteiger charge is 2.21. The van der Waals surface area contributed by atoms with Crippen LogP contribution in [-0.2, 0) is 0 Å². The minimum absolute atomic E-state index is 1.08. The molecule has 0 aliphatic heterocycles. The first-order chi connectivity index (χ1) is 29.3. The van der Waals surface area contributed by atoms with Crippen molar-refractivity contribution in [3.63, 3.8) is 0 Å². The predicted octanol–water partition coefficient (Wildman–Crippen LogP) is 16.3. The summed E-state index contributed by atoms with van der Waals surface area (Å²) >= 11 is 0. The molecule has 0 amide bonds. The largest absolute Gasteiger partial charge is 0.310 e. The summed E-state index contributed by atoms with van der Waals surface area (Å²) in [5.74, 6) is 0. The minimum Gasteiger partial charge on any atom is -0.310 e. The Labute approximate surface area is 346 Å². The Kier molecular flexibility index (Phi) is 9.68. The van der Waals surface area contributed by atoms with Crippen LogP contribution in [0.3, 0.4) is 0 Å². The molecule has 0 saturated carbocycles. The number of hydrogen-bond donors (Lipinski definition) is 0. The van der Waals surface area contributed by atoms with Crippen molar-refractivity contribution >= 4 is 27.8 Å². The average Bonchev–Trinajstić information content (AvgIpc) is 3.33. The van der Waals surface area contributed by atoms with E-state index in [9.17, 15) is 0 Å². The van der Waals surface area contributed by atoms with Crippen molar-refractivity contribution in [1.29, 1.82) is 0 Å². The molecule has 0 aliphatic rings. The van der Waals surface area contributed by atoms with Crippen LogP contribution in [0, 0.1) is 0 Å². The molecule has 0 aromatic heterocycles. The molecule has 0 bridgehead atoms. The number of fused-ring (bicyclic) bond motifs is 1. The molecule has 0 heterocycles. The molecule has 1 nitrogen and oxygen atoms in total. The molecular weight excluding hydrogens is 711 g/mol. The normalized spacial score (nSPS) is 11.1. The lowest BCUT2D eigenvalue weighted by Gasteiger charge is -2.29. The van der Waals surface area contributed by atoms with E-state index in [4.69, 9.17) is 0 Å². The lowest BCUT2D eigenvalue weighted by atomic mass is 9.88. The summed E-state index contributed by atoms with van der Waals surface area (Å²) in [5, 5.41) is 2.49. The Hall–Kier alpha value is -7.74. The van der Waals surface area contributed by atoms with Gasteiger partial charge in [0.25, 0.3) is 0 Å². The van der Waals surface area contributed by atoms with Gasteiger partial charge < -0.3 is 4.90 Å². The van der Waals surface area contributed by atoms with Gasteiger partial charge in [-0.15, -0.1) is 0 Å². The monoisotopic (exact) mass is 751 g/mol. The third-order valence-electron chi connectivity index (χ3n) is 11.3. The summed E-state index contributed by atoms with van der Waals surface area (Å²) in [6, 6.07) is 89.8. The minimum atomic E-state index is 1.08. The molecule has 0 radical (unpaired) electrons. The Morgan fingerprint density at radius 2 is 0.559 bits per heavy atom. The quantitative estimate of drug-likeness (QED) is 0.142. The third kappa shape index (κ3) is 7.12. The van der Waals surface area contributed by atoms with Crippen LogP contribution >= 0.6 is 0 Å². The smallest absolute Gasteiger partial charge is 0.0540 e. The predicted molar refractivity (Wildman–Crippen MR) is 251 cm³/mol. The van der Waals surface area contributed by atoms with Gasteiger partial charge in [-0.05, 0) is 108 Å². The summed E-state index contributed by atoms with van der Waals surface area (Å²) in [7, 11) is 0. The van der Waals surface area contributed by atoms with Crippen LogP contribution in [-0.4, -0.2) is 0 Å². The average molecular weight is 752 g/mol. The summed E-state index contributed by atoms with van der Waals surface area (Å²) in [4.78, 5) is 2.41. The van der Waals surface area contributed by atoms with E-state index < -0.39 is 0 Å². The first kappa shape index (κ1) is 35.7. The van der Waals surface area contributed by atoms with Gasteiger partial charge in [0.15, 0.2) is 0 Å². The van der Waals surface area contributed by atoms with E-state index in [0.717, 1.165) is 22.6 Å². The van der Waals surface area contributed by atoms with E-state index in [2.05, 4.69) is 254 Å². The van der Waals surface area contributed by atoms with Crippen molar-refractivity contribution in [3.8, 4) is 66.8 Å². The molecule has 0 atom stereocenters. The van der Waals surface area contributed by atoms with E-state index in [0.29, 0.717) is 0 Å². The van der Waals surface area contributed by atoms with E-state index in [-0.39, 0.29) is 0 Å². The molecular formula is C58H41N. The summed E-state index contributed by atoms with van der Waals surface area (Å²) < 4.78 is 0. The van der Waals surface area contributed by atoms with Crippen molar-refractivity contribution in [2.75, 3.05) is 4.90 Å². The van der Waals surface area contributed by atoms with Gasteiger partial charge in [-0.25, -0.2) is 0 Å².